The summed E-state index contributed by atoms with van der Waals surface area (Å²) in [4.78, 5) is 12.3. The van der Waals surface area contributed by atoms with Crippen LogP contribution in [0, 0.1) is 11.3 Å². The summed E-state index contributed by atoms with van der Waals surface area (Å²) < 4.78 is 39.2. The van der Waals surface area contributed by atoms with Gasteiger partial charge in [0.2, 0.25) is 0 Å². The molecule has 0 aliphatic rings. The molecule has 1 N–H and O–H groups in total. The van der Waals surface area contributed by atoms with Crippen LogP contribution in [0.25, 0.3) is 6.08 Å². The first-order chi connectivity index (χ1) is 13.0. The molecule has 0 aliphatic carbocycles. The Hall–Kier alpha value is -3.60. The second-order valence-corrected chi connectivity index (χ2v) is 5.14. The van der Waals surface area contributed by atoms with Gasteiger partial charge in [-0.3, -0.25) is 4.79 Å². The topological polar surface area (TPSA) is 80.6 Å². The van der Waals surface area contributed by atoms with Gasteiger partial charge in [0.05, 0.1) is 14.2 Å². The fraction of sp³-hybridized carbons (Fsp3) is 0.158. The average Bonchev–Trinajstić information content (AvgIpc) is 2.66. The van der Waals surface area contributed by atoms with E-state index in [0.717, 1.165) is 0 Å². The number of benzene rings is 2. The Morgan fingerprint density at radius 2 is 1.93 bits per heavy atom. The monoisotopic (exact) mass is 374 g/mol. The van der Waals surface area contributed by atoms with E-state index in [4.69, 9.17) is 9.47 Å². The van der Waals surface area contributed by atoms with Gasteiger partial charge in [-0.2, -0.15) is 14.0 Å². The zero-order valence-electron chi connectivity index (χ0n) is 14.5. The van der Waals surface area contributed by atoms with Crippen LogP contribution < -0.4 is 19.5 Å². The highest BCUT2D eigenvalue weighted by Crippen LogP contribution is 2.30. The number of carbonyl (C=O) groups is 1. The summed E-state index contributed by atoms with van der Waals surface area (Å²) in [6.45, 7) is -3.00. The summed E-state index contributed by atoms with van der Waals surface area (Å²) in [5.41, 5.74) is 0.687. The minimum atomic E-state index is -3.00. The van der Waals surface area contributed by atoms with Crippen LogP contribution in [0.3, 0.4) is 0 Å². The predicted molar refractivity (Wildman–Crippen MR) is 94.8 cm³/mol. The van der Waals surface area contributed by atoms with Crippen LogP contribution in [0.2, 0.25) is 0 Å². The highest BCUT2D eigenvalue weighted by atomic mass is 19.3. The lowest BCUT2D eigenvalue weighted by Gasteiger charge is -2.10. The van der Waals surface area contributed by atoms with Crippen molar-refractivity contribution in [2.24, 2.45) is 0 Å². The number of methoxy groups -OCH3 is 2. The molecule has 6 nitrogen and oxygen atoms in total. The van der Waals surface area contributed by atoms with Gasteiger partial charge < -0.3 is 19.5 Å². The maximum absolute atomic E-state index is 12.4. The van der Waals surface area contributed by atoms with E-state index in [2.05, 4.69) is 10.1 Å². The van der Waals surface area contributed by atoms with Crippen LogP contribution >= 0.6 is 0 Å². The molecule has 0 aromatic heterocycles. The summed E-state index contributed by atoms with van der Waals surface area (Å²) in [7, 11) is 2.79. The van der Waals surface area contributed by atoms with E-state index in [1.54, 1.807) is 24.3 Å². The number of amides is 1. The van der Waals surface area contributed by atoms with Crippen LogP contribution in [0.4, 0.5) is 14.5 Å². The van der Waals surface area contributed by atoms with E-state index < -0.39 is 12.5 Å². The summed E-state index contributed by atoms with van der Waals surface area (Å²) in [5.74, 6) is -0.175. The van der Waals surface area contributed by atoms with Gasteiger partial charge in [0, 0.05) is 11.8 Å². The van der Waals surface area contributed by atoms with Gasteiger partial charge >= 0.3 is 6.61 Å². The quantitative estimate of drug-likeness (QED) is 0.588. The number of ether oxygens (including phenoxy) is 3. The standard InChI is InChI=1S/C19H16F2N2O4/c1-25-15-5-3-4-14(10-15)23-18(24)13(11-22)8-12-6-7-16(27-19(20)21)17(9-12)26-2/h3-10,19H,1-2H3,(H,23,24)/b13-8+. The Labute approximate surface area is 154 Å². The molecule has 0 saturated heterocycles. The van der Waals surface area contributed by atoms with Crippen molar-refractivity contribution in [2.75, 3.05) is 19.5 Å². The second-order valence-electron chi connectivity index (χ2n) is 5.14. The Kier molecular flexibility index (Phi) is 6.72. The van der Waals surface area contributed by atoms with Crippen molar-refractivity contribution < 1.29 is 27.8 Å². The Morgan fingerprint density at radius 1 is 1.15 bits per heavy atom. The number of nitriles is 1. The maximum Gasteiger partial charge on any atom is 0.387 e. The third-order valence-electron chi connectivity index (χ3n) is 3.41. The normalized spacial score (nSPS) is 10.9. The summed E-state index contributed by atoms with van der Waals surface area (Å²) >= 11 is 0. The van der Waals surface area contributed by atoms with Gasteiger partial charge in [0.25, 0.3) is 5.91 Å². The smallest absolute Gasteiger partial charge is 0.387 e. The van der Waals surface area contributed by atoms with Gasteiger partial charge in [-0.05, 0) is 35.9 Å². The number of hydrogen-bond acceptors (Lipinski definition) is 5. The number of carbonyl (C=O) groups excluding carboxylic acids is 1. The number of hydrogen-bond donors (Lipinski definition) is 1. The molecule has 0 saturated carbocycles. The van der Waals surface area contributed by atoms with Crippen molar-refractivity contribution in [3.05, 3.63) is 53.6 Å². The van der Waals surface area contributed by atoms with Gasteiger partial charge in [-0.25, -0.2) is 0 Å². The van der Waals surface area contributed by atoms with Crippen LogP contribution in [-0.4, -0.2) is 26.7 Å². The number of nitrogens with one attached hydrogen (secondary N) is 1. The SMILES string of the molecule is COc1cccc(NC(=O)/C(C#N)=C/c2ccc(OC(F)F)c(OC)c2)c1. The molecule has 27 heavy (non-hydrogen) atoms. The van der Waals surface area contributed by atoms with Crippen molar-refractivity contribution in [3.8, 4) is 23.3 Å². The van der Waals surface area contributed by atoms with Crippen molar-refractivity contribution in [2.45, 2.75) is 6.61 Å². The zero-order chi connectivity index (χ0) is 19.8. The van der Waals surface area contributed by atoms with E-state index in [0.29, 0.717) is 17.0 Å². The molecule has 0 aliphatic heterocycles. The zero-order valence-corrected chi connectivity index (χ0v) is 14.5. The van der Waals surface area contributed by atoms with Crippen molar-refractivity contribution >= 4 is 17.7 Å². The first-order valence-corrected chi connectivity index (χ1v) is 7.67. The molecule has 1 amide bonds. The van der Waals surface area contributed by atoms with Gasteiger partial charge in [-0.1, -0.05) is 12.1 Å². The molecule has 0 atom stereocenters. The molecular weight excluding hydrogens is 358 g/mol. The van der Waals surface area contributed by atoms with E-state index in [-0.39, 0.29) is 17.1 Å². The van der Waals surface area contributed by atoms with Crippen LogP contribution in [0.15, 0.2) is 48.0 Å². The number of anilines is 1. The minimum absolute atomic E-state index is 0.0505. The Balaban J connectivity index is 2.24. The Bertz CT molecular complexity index is 892. The molecule has 140 valence electrons. The summed E-state index contributed by atoms with van der Waals surface area (Å²) in [5, 5.41) is 11.9. The number of rotatable bonds is 7. The molecule has 2 aromatic rings. The predicted octanol–water partition coefficient (Wildman–Crippen LogP) is 3.85. The molecule has 2 aromatic carbocycles. The minimum Gasteiger partial charge on any atom is -0.497 e. The Morgan fingerprint density at radius 3 is 2.56 bits per heavy atom. The molecule has 0 unspecified atom stereocenters. The highest BCUT2D eigenvalue weighted by molar-refractivity contribution is 6.09. The first-order valence-electron chi connectivity index (χ1n) is 7.67. The lowest BCUT2D eigenvalue weighted by molar-refractivity contribution is -0.112. The van der Waals surface area contributed by atoms with E-state index in [1.165, 1.54) is 38.5 Å². The van der Waals surface area contributed by atoms with Crippen LogP contribution in [0.1, 0.15) is 5.56 Å². The van der Waals surface area contributed by atoms with Crippen LogP contribution in [0.5, 0.6) is 17.2 Å². The van der Waals surface area contributed by atoms with Crippen molar-refractivity contribution in [3.63, 3.8) is 0 Å². The maximum atomic E-state index is 12.4. The first kappa shape index (κ1) is 19.7. The third kappa shape index (κ3) is 5.44. The third-order valence-corrected chi connectivity index (χ3v) is 3.41. The number of halogens is 2. The fourth-order valence-corrected chi connectivity index (χ4v) is 2.18. The molecule has 0 spiro atoms. The lowest BCUT2D eigenvalue weighted by atomic mass is 10.1. The molecule has 0 heterocycles. The second kappa shape index (κ2) is 9.20. The fourth-order valence-electron chi connectivity index (χ4n) is 2.18. The summed E-state index contributed by atoms with van der Waals surface area (Å²) in [6, 6.07) is 12.5. The number of nitrogens with zero attached hydrogens (tertiary/aromatic N) is 1. The van der Waals surface area contributed by atoms with Crippen molar-refractivity contribution in [1.29, 1.82) is 5.26 Å². The van der Waals surface area contributed by atoms with Crippen molar-refractivity contribution in [1.82, 2.24) is 0 Å². The van der Waals surface area contributed by atoms with Crippen LogP contribution in [-0.2, 0) is 4.79 Å². The largest absolute Gasteiger partial charge is 0.497 e. The molecule has 0 radical (unpaired) electrons. The van der Waals surface area contributed by atoms with E-state index in [9.17, 15) is 18.8 Å². The molecular formula is C19H16F2N2O4. The summed E-state index contributed by atoms with van der Waals surface area (Å²) in [6.07, 6.45) is 1.31. The highest BCUT2D eigenvalue weighted by Gasteiger charge is 2.13. The van der Waals surface area contributed by atoms with E-state index >= 15 is 0 Å². The molecule has 8 heteroatoms. The number of alkyl halides is 2. The molecule has 2 rings (SSSR count). The van der Waals surface area contributed by atoms with Gasteiger partial charge in [0.15, 0.2) is 11.5 Å². The average molecular weight is 374 g/mol. The van der Waals surface area contributed by atoms with Gasteiger partial charge in [-0.15, -0.1) is 0 Å². The molecule has 0 bridgehead atoms. The molecule has 0 fully saturated rings. The van der Waals surface area contributed by atoms with E-state index in [1.807, 2.05) is 6.07 Å². The van der Waals surface area contributed by atoms with Gasteiger partial charge in [0.1, 0.15) is 17.4 Å². The lowest BCUT2D eigenvalue weighted by Crippen LogP contribution is -2.13.